The van der Waals surface area contributed by atoms with Gasteiger partial charge in [-0.2, -0.15) is 0 Å². The van der Waals surface area contributed by atoms with Crippen molar-refractivity contribution in [3.05, 3.63) is 77.1 Å². The molecule has 0 amide bonds. The van der Waals surface area contributed by atoms with E-state index in [1.807, 2.05) is 54.8 Å². The van der Waals surface area contributed by atoms with Gasteiger partial charge in [0.15, 0.2) is 18.1 Å². The molecule has 142 valence electrons. The molecule has 0 spiro atoms. The molecule has 0 saturated heterocycles. The molecule has 0 atom stereocenters. The molecule has 2 heterocycles. The van der Waals surface area contributed by atoms with Gasteiger partial charge in [0.25, 0.3) is 0 Å². The van der Waals surface area contributed by atoms with Crippen LogP contribution in [0, 0.1) is 13.8 Å². The quantitative estimate of drug-likeness (QED) is 0.499. The molecule has 3 aromatic rings. The van der Waals surface area contributed by atoms with Crippen molar-refractivity contribution >= 4 is 11.8 Å². The Hall–Kier alpha value is -3.54. The Morgan fingerprint density at radius 3 is 2.54 bits per heavy atom. The van der Waals surface area contributed by atoms with E-state index in [-0.39, 0.29) is 19.2 Å². The van der Waals surface area contributed by atoms with Gasteiger partial charge in [0.05, 0.1) is 5.56 Å². The second-order valence-corrected chi connectivity index (χ2v) is 6.52. The van der Waals surface area contributed by atoms with Crippen LogP contribution >= 0.6 is 0 Å². The van der Waals surface area contributed by atoms with Gasteiger partial charge in [0, 0.05) is 22.6 Å². The molecular weight excluding hydrogens is 358 g/mol. The Balaban J connectivity index is 1.48. The standard InChI is InChI=1S/C22H19NO5/c1-14-10-18(15(2)23(14)17-6-4-3-5-7-17)19(24)12-26-22(25)16-8-9-20-21(11-16)28-13-27-20/h3-11H,12-13H2,1-2H3. The van der Waals surface area contributed by atoms with Gasteiger partial charge in [0.2, 0.25) is 12.6 Å². The highest BCUT2D eigenvalue weighted by atomic mass is 16.7. The van der Waals surface area contributed by atoms with Crippen LogP contribution in [0.2, 0.25) is 0 Å². The smallest absolute Gasteiger partial charge is 0.338 e. The first-order valence-electron chi connectivity index (χ1n) is 8.89. The molecular formula is C22H19NO5. The van der Waals surface area contributed by atoms with E-state index in [1.165, 1.54) is 0 Å². The summed E-state index contributed by atoms with van der Waals surface area (Å²) in [6, 6.07) is 16.4. The van der Waals surface area contributed by atoms with E-state index in [0.717, 1.165) is 17.1 Å². The maximum Gasteiger partial charge on any atom is 0.338 e. The number of esters is 1. The van der Waals surface area contributed by atoms with Gasteiger partial charge < -0.3 is 18.8 Å². The Kier molecular flexibility index (Phi) is 4.61. The number of fused-ring (bicyclic) bond motifs is 1. The van der Waals surface area contributed by atoms with Crippen LogP contribution in [0.4, 0.5) is 0 Å². The number of carbonyl (C=O) groups excluding carboxylic acids is 2. The largest absolute Gasteiger partial charge is 0.454 e. The lowest BCUT2D eigenvalue weighted by molar-refractivity contribution is 0.0474. The van der Waals surface area contributed by atoms with E-state index in [2.05, 4.69) is 0 Å². The zero-order valence-electron chi connectivity index (χ0n) is 15.6. The van der Waals surface area contributed by atoms with Crippen LogP contribution in [0.5, 0.6) is 11.5 Å². The number of ketones is 1. The lowest BCUT2D eigenvalue weighted by Gasteiger charge is -2.09. The lowest BCUT2D eigenvalue weighted by Crippen LogP contribution is -2.15. The molecule has 2 aromatic carbocycles. The topological polar surface area (TPSA) is 66.8 Å². The molecule has 6 nitrogen and oxygen atoms in total. The van der Waals surface area contributed by atoms with E-state index in [9.17, 15) is 9.59 Å². The number of hydrogen-bond donors (Lipinski definition) is 0. The number of rotatable bonds is 5. The minimum absolute atomic E-state index is 0.128. The SMILES string of the molecule is Cc1cc(C(=O)COC(=O)c2ccc3c(c2)OCO3)c(C)n1-c1ccccc1. The van der Waals surface area contributed by atoms with E-state index in [0.29, 0.717) is 22.6 Å². The maximum atomic E-state index is 12.7. The van der Waals surface area contributed by atoms with Gasteiger partial charge in [0.1, 0.15) is 0 Å². The summed E-state index contributed by atoms with van der Waals surface area (Å²) in [7, 11) is 0. The van der Waals surface area contributed by atoms with Crippen LogP contribution in [0.15, 0.2) is 54.6 Å². The summed E-state index contributed by atoms with van der Waals surface area (Å²) < 4.78 is 17.7. The average molecular weight is 377 g/mol. The van der Waals surface area contributed by atoms with Crippen LogP contribution in [0.3, 0.4) is 0 Å². The van der Waals surface area contributed by atoms with Crippen LogP contribution in [0.1, 0.15) is 32.1 Å². The van der Waals surface area contributed by atoms with Crippen molar-refractivity contribution in [1.29, 1.82) is 0 Å². The van der Waals surface area contributed by atoms with Crippen molar-refractivity contribution in [2.45, 2.75) is 13.8 Å². The van der Waals surface area contributed by atoms with E-state index >= 15 is 0 Å². The Labute approximate surface area is 162 Å². The number of nitrogens with zero attached hydrogens (tertiary/aromatic N) is 1. The molecule has 6 heteroatoms. The second-order valence-electron chi connectivity index (χ2n) is 6.52. The Bertz CT molecular complexity index is 1050. The fraction of sp³-hybridized carbons (Fsp3) is 0.182. The Morgan fingerprint density at radius 1 is 1.00 bits per heavy atom. The van der Waals surface area contributed by atoms with Crippen molar-refractivity contribution in [3.8, 4) is 17.2 Å². The van der Waals surface area contributed by atoms with E-state index in [4.69, 9.17) is 14.2 Å². The maximum absolute atomic E-state index is 12.7. The minimum Gasteiger partial charge on any atom is -0.454 e. The van der Waals surface area contributed by atoms with E-state index < -0.39 is 5.97 Å². The normalized spacial score (nSPS) is 12.1. The number of aryl methyl sites for hydroxylation is 1. The van der Waals surface area contributed by atoms with Crippen molar-refractivity contribution in [1.82, 2.24) is 4.57 Å². The predicted octanol–water partition coefficient (Wildman–Crippen LogP) is 3.86. The highest BCUT2D eigenvalue weighted by Gasteiger charge is 2.20. The average Bonchev–Trinajstić information content (AvgIpc) is 3.29. The number of hydrogen-bond acceptors (Lipinski definition) is 5. The predicted molar refractivity (Wildman–Crippen MR) is 102 cm³/mol. The van der Waals surface area contributed by atoms with Crippen LogP contribution in [0.25, 0.3) is 5.69 Å². The Morgan fingerprint density at radius 2 is 1.75 bits per heavy atom. The van der Waals surface area contributed by atoms with Gasteiger partial charge in [-0.15, -0.1) is 0 Å². The number of ether oxygens (including phenoxy) is 3. The minimum atomic E-state index is -0.580. The third-order valence-corrected chi connectivity index (χ3v) is 4.69. The molecule has 1 aliphatic heterocycles. The third kappa shape index (κ3) is 3.24. The van der Waals surface area contributed by atoms with Crippen molar-refractivity contribution in [2.24, 2.45) is 0 Å². The van der Waals surface area contributed by atoms with Gasteiger partial charge >= 0.3 is 5.97 Å². The summed E-state index contributed by atoms with van der Waals surface area (Å²) >= 11 is 0. The highest BCUT2D eigenvalue weighted by molar-refractivity contribution is 6.00. The number of carbonyl (C=O) groups is 2. The molecule has 0 N–H and O–H groups in total. The summed E-state index contributed by atoms with van der Waals surface area (Å²) in [5.74, 6) is 0.251. The molecule has 0 saturated carbocycles. The monoisotopic (exact) mass is 377 g/mol. The molecule has 0 radical (unpaired) electrons. The summed E-state index contributed by atoms with van der Waals surface area (Å²) in [4.78, 5) is 24.9. The summed E-state index contributed by atoms with van der Waals surface area (Å²) in [6.07, 6.45) is 0. The highest BCUT2D eigenvalue weighted by Crippen LogP contribution is 2.32. The molecule has 0 unspecified atom stereocenters. The molecule has 1 aliphatic rings. The number of Topliss-reactive ketones (excluding diaryl/α,β-unsaturated/α-hetero) is 1. The van der Waals surface area contributed by atoms with Crippen LogP contribution in [-0.4, -0.2) is 29.7 Å². The molecule has 0 aliphatic carbocycles. The summed E-state index contributed by atoms with van der Waals surface area (Å²) in [5.41, 5.74) is 3.59. The van der Waals surface area contributed by atoms with Gasteiger partial charge in [-0.25, -0.2) is 4.79 Å². The first-order chi connectivity index (χ1) is 13.5. The van der Waals surface area contributed by atoms with Gasteiger partial charge in [-0.3, -0.25) is 4.79 Å². The molecule has 0 bridgehead atoms. The van der Waals surface area contributed by atoms with Crippen LogP contribution in [-0.2, 0) is 4.74 Å². The first-order valence-corrected chi connectivity index (χ1v) is 8.89. The summed E-state index contributed by atoms with van der Waals surface area (Å²) in [5, 5.41) is 0. The van der Waals surface area contributed by atoms with Crippen molar-refractivity contribution < 1.29 is 23.8 Å². The lowest BCUT2D eigenvalue weighted by atomic mass is 10.1. The first kappa shape index (κ1) is 17.9. The zero-order valence-corrected chi connectivity index (χ0v) is 15.6. The number of aromatic nitrogens is 1. The second kappa shape index (κ2) is 7.23. The molecule has 1 aromatic heterocycles. The van der Waals surface area contributed by atoms with E-state index in [1.54, 1.807) is 18.2 Å². The van der Waals surface area contributed by atoms with Gasteiger partial charge in [-0.1, -0.05) is 18.2 Å². The van der Waals surface area contributed by atoms with Gasteiger partial charge in [-0.05, 0) is 50.2 Å². The molecule has 0 fully saturated rings. The number of para-hydroxylation sites is 1. The molecule has 4 rings (SSSR count). The summed E-state index contributed by atoms with van der Waals surface area (Å²) in [6.45, 7) is 3.62. The zero-order chi connectivity index (χ0) is 19.7. The van der Waals surface area contributed by atoms with Crippen molar-refractivity contribution in [2.75, 3.05) is 13.4 Å². The van der Waals surface area contributed by atoms with Crippen molar-refractivity contribution in [3.63, 3.8) is 0 Å². The number of benzene rings is 2. The third-order valence-electron chi connectivity index (χ3n) is 4.69. The van der Waals surface area contributed by atoms with Crippen LogP contribution < -0.4 is 9.47 Å². The fourth-order valence-electron chi connectivity index (χ4n) is 3.34. The fourth-order valence-corrected chi connectivity index (χ4v) is 3.34. The molecule has 28 heavy (non-hydrogen) atoms.